The fraction of sp³-hybridized carbons (Fsp3) is 0.143. The molecule has 4 rings (SSSR count). The molecule has 142 valence electrons. The zero-order valence-electron chi connectivity index (χ0n) is 14.8. The van der Waals surface area contributed by atoms with E-state index in [9.17, 15) is 13.6 Å². The quantitative estimate of drug-likeness (QED) is 0.504. The molecule has 0 radical (unpaired) electrons. The van der Waals surface area contributed by atoms with Gasteiger partial charge in [0, 0.05) is 40.3 Å². The van der Waals surface area contributed by atoms with Crippen molar-refractivity contribution in [2.75, 3.05) is 6.54 Å². The molecule has 1 amide bonds. The second kappa shape index (κ2) is 7.90. The number of hydrogen-bond acceptors (Lipinski definition) is 3. The van der Waals surface area contributed by atoms with Crippen molar-refractivity contribution < 1.29 is 13.6 Å². The van der Waals surface area contributed by atoms with E-state index >= 15 is 0 Å². The van der Waals surface area contributed by atoms with Crippen LogP contribution in [0.15, 0.2) is 54.9 Å². The van der Waals surface area contributed by atoms with Crippen molar-refractivity contribution in [3.05, 3.63) is 76.9 Å². The Kier molecular flexibility index (Phi) is 5.16. The Labute approximate surface area is 164 Å². The van der Waals surface area contributed by atoms with Crippen molar-refractivity contribution in [3.8, 4) is 10.6 Å². The highest BCUT2D eigenvalue weighted by Crippen LogP contribution is 2.27. The number of hydrogen-bond donors (Lipinski definition) is 2. The number of rotatable bonds is 6. The summed E-state index contributed by atoms with van der Waals surface area (Å²) in [5.74, 6) is -0.744. The molecule has 0 bridgehead atoms. The summed E-state index contributed by atoms with van der Waals surface area (Å²) in [5.41, 5.74) is 2.26. The summed E-state index contributed by atoms with van der Waals surface area (Å²) in [4.78, 5) is 20.3. The first kappa shape index (κ1) is 18.3. The fourth-order valence-corrected chi connectivity index (χ4v) is 4.00. The van der Waals surface area contributed by atoms with Gasteiger partial charge in [-0.3, -0.25) is 4.79 Å². The third-order valence-corrected chi connectivity index (χ3v) is 5.47. The van der Waals surface area contributed by atoms with Gasteiger partial charge in [0.25, 0.3) is 0 Å². The second-order valence-corrected chi connectivity index (χ2v) is 7.51. The maximum absolute atomic E-state index is 13.8. The first-order chi connectivity index (χ1) is 13.6. The van der Waals surface area contributed by atoms with Crippen LogP contribution in [0.5, 0.6) is 0 Å². The highest BCUT2D eigenvalue weighted by Gasteiger charge is 2.12. The number of H-pyrrole nitrogens is 1. The lowest BCUT2D eigenvalue weighted by atomic mass is 10.1. The number of aromatic amines is 1. The van der Waals surface area contributed by atoms with Gasteiger partial charge in [-0.1, -0.05) is 12.1 Å². The third kappa shape index (κ3) is 3.94. The smallest absolute Gasteiger partial charge is 0.225 e. The van der Waals surface area contributed by atoms with Crippen LogP contribution in [0.1, 0.15) is 10.4 Å². The molecule has 0 unspecified atom stereocenters. The maximum atomic E-state index is 13.8. The molecule has 0 aliphatic carbocycles. The highest BCUT2D eigenvalue weighted by atomic mass is 32.1. The first-order valence-corrected chi connectivity index (χ1v) is 9.63. The van der Waals surface area contributed by atoms with E-state index in [0.29, 0.717) is 23.5 Å². The molecule has 2 N–H and O–H groups in total. The number of nitrogens with one attached hydrogen (secondary N) is 2. The van der Waals surface area contributed by atoms with Gasteiger partial charge in [0.05, 0.1) is 6.42 Å². The zero-order chi connectivity index (χ0) is 19.5. The molecular formula is C21H17F2N3OS. The fourth-order valence-electron chi connectivity index (χ4n) is 3.06. The van der Waals surface area contributed by atoms with E-state index in [1.807, 2.05) is 6.20 Å². The molecule has 2 aromatic carbocycles. The predicted octanol–water partition coefficient (Wildman–Crippen LogP) is 4.47. The molecule has 0 spiro atoms. The van der Waals surface area contributed by atoms with E-state index < -0.39 is 0 Å². The first-order valence-electron chi connectivity index (χ1n) is 8.82. The summed E-state index contributed by atoms with van der Waals surface area (Å²) in [6.45, 7) is 0.446. The number of halogens is 2. The number of amides is 1. The van der Waals surface area contributed by atoms with E-state index in [1.165, 1.54) is 29.5 Å². The average molecular weight is 397 g/mol. The summed E-state index contributed by atoms with van der Waals surface area (Å²) in [6, 6.07) is 11.0. The van der Waals surface area contributed by atoms with Crippen LogP contribution in [0, 0.1) is 11.6 Å². The molecule has 0 aliphatic rings. The number of carbonyl (C=O) groups is 1. The minimum absolute atomic E-state index is 0.130. The van der Waals surface area contributed by atoms with Crippen molar-refractivity contribution in [1.29, 1.82) is 0 Å². The van der Waals surface area contributed by atoms with E-state index in [0.717, 1.165) is 21.3 Å². The second-order valence-electron chi connectivity index (χ2n) is 6.39. The molecule has 0 fully saturated rings. The van der Waals surface area contributed by atoms with Crippen molar-refractivity contribution in [2.45, 2.75) is 12.8 Å². The Hall–Kier alpha value is -3.06. The van der Waals surface area contributed by atoms with Crippen LogP contribution >= 0.6 is 11.3 Å². The SMILES string of the molecule is O=C(Cc1cnc(-c2ccccc2F)s1)NCCc1c[nH]c2ccc(F)cc12. The molecular weight excluding hydrogens is 380 g/mol. The Bertz CT molecular complexity index is 1140. The molecule has 0 aliphatic heterocycles. The number of benzene rings is 2. The number of carbonyl (C=O) groups excluding carboxylic acids is 1. The number of fused-ring (bicyclic) bond motifs is 1. The lowest BCUT2D eigenvalue weighted by Crippen LogP contribution is -2.26. The Morgan fingerprint density at radius 3 is 2.89 bits per heavy atom. The lowest BCUT2D eigenvalue weighted by molar-refractivity contribution is -0.120. The average Bonchev–Trinajstić information content (AvgIpc) is 3.29. The van der Waals surface area contributed by atoms with Gasteiger partial charge >= 0.3 is 0 Å². The molecule has 2 aromatic heterocycles. The minimum Gasteiger partial charge on any atom is -0.361 e. The van der Waals surface area contributed by atoms with Crippen molar-refractivity contribution in [2.24, 2.45) is 0 Å². The summed E-state index contributed by atoms with van der Waals surface area (Å²) in [6.07, 6.45) is 4.22. The van der Waals surface area contributed by atoms with Crippen LogP contribution in [0.4, 0.5) is 8.78 Å². The van der Waals surface area contributed by atoms with Crippen LogP contribution in [0.2, 0.25) is 0 Å². The van der Waals surface area contributed by atoms with Crippen LogP contribution < -0.4 is 5.32 Å². The zero-order valence-corrected chi connectivity index (χ0v) is 15.7. The minimum atomic E-state index is -0.331. The van der Waals surface area contributed by atoms with Crippen LogP contribution in [-0.2, 0) is 17.6 Å². The Balaban J connectivity index is 1.34. The standard InChI is InChI=1S/C21H17F2N3OS/c22-14-5-6-19-17(9-14)13(11-25-19)7-8-24-20(27)10-15-12-26-21(28-15)16-3-1-2-4-18(16)23/h1-6,9,11-12,25H,7-8,10H2,(H,24,27). The summed E-state index contributed by atoms with van der Waals surface area (Å²) >= 11 is 1.30. The topological polar surface area (TPSA) is 57.8 Å². The summed E-state index contributed by atoms with van der Waals surface area (Å²) < 4.78 is 27.3. The molecule has 0 saturated heterocycles. The Morgan fingerprint density at radius 1 is 1.18 bits per heavy atom. The van der Waals surface area contributed by atoms with Gasteiger partial charge < -0.3 is 10.3 Å². The van der Waals surface area contributed by atoms with Gasteiger partial charge in [-0.15, -0.1) is 11.3 Å². The van der Waals surface area contributed by atoms with Gasteiger partial charge in [0.2, 0.25) is 5.91 Å². The van der Waals surface area contributed by atoms with Gasteiger partial charge in [-0.05, 0) is 42.3 Å². The van der Waals surface area contributed by atoms with Gasteiger partial charge in [0.1, 0.15) is 16.6 Å². The largest absolute Gasteiger partial charge is 0.361 e. The van der Waals surface area contributed by atoms with Crippen molar-refractivity contribution in [3.63, 3.8) is 0 Å². The van der Waals surface area contributed by atoms with Crippen LogP contribution in [-0.4, -0.2) is 22.4 Å². The molecule has 4 nitrogen and oxygen atoms in total. The molecule has 4 aromatic rings. The molecule has 0 saturated carbocycles. The summed E-state index contributed by atoms with van der Waals surface area (Å²) in [7, 11) is 0. The van der Waals surface area contributed by atoms with E-state index in [4.69, 9.17) is 0 Å². The van der Waals surface area contributed by atoms with E-state index in [1.54, 1.807) is 30.5 Å². The van der Waals surface area contributed by atoms with Crippen LogP contribution in [0.3, 0.4) is 0 Å². The lowest BCUT2D eigenvalue weighted by Gasteiger charge is -2.04. The molecule has 2 heterocycles. The molecule has 7 heteroatoms. The maximum Gasteiger partial charge on any atom is 0.225 e. The van der Waals surface area contributed by atoms with Crippen molar-refractivity contribution in [1.82, 2.24) is 15.3 Å². The van der Waals surface area contributed by atoms with E-state index in [2.05, 4.69) is 15.3 Å². The van der Waals surface area contributed by atoms with Crippen molar-refractivity contribution >= 4 is 28.1 Å². The predicted molar refractivity (Wildman–Crippen MR) is 106 cm³/mol. The normalized spacial score (nSPS) is 11.1. The third-order valence-electron chi connectivity index (χ3n) is 4.44. The Morgan fingerprint density at radius 2 is 2.04 bits per heavy atom. The van der Waals surface area contributed by atoms with Crippen LogP contribution in [0.25, 0.3) is 21.5 Å². The molecule has 28 heavy (non-hydrogen) atoms. The van der Waals surface area contributed by atoms with Gasteiger partial charge in [-0.25, -0.2) is 13.8 Å². The molecule has 0 atom stereocenters. The summed E-state index contributed by atoms with van der Waals surface area (Å²) in [5, 5.41) is 4.25. The monoisotopic (exact) mass is 397 g/mol. The van der Waals surface area contributed by atoms with E-state index in [-0.39, 0.29) is 24.0 Å². The highest BCUT2D eigenvalue weighted by molar-refractivity contribution is 7.15. The number of aromatic nitrogens is 2. The van der Waals surface area contributed by atoms with Gasteiger partial charge in [-0.2, -0.15) is 0 Å². The number of nitrogens with zero attached hydrogens (tertiary/aromatic N) is 1. The van der Waals surface area contributed by atoms with Gasteiger partial charge in [0.15, 0.2) is 0 Å². The number of thiazole rings is 1.